The van der Waals surface area contributed by atoms with Gasteiger partial charge in [-0.2, -0.15) is 0 Å². The molecule has 0 aliphatic rings. The minimum atomic E-state index is -1.35. The number of hydrogen-bond donors (Lipinski definition) is 0. The molecule has 0 radical (unpaired) electrons. The van der Waals surface area contributed by atoms with Gasteiger partial charge < -0.3 is 9.16 Å². The quantitative estimate of drug-likeness (QED) is 0.356. The Morgan fingerprint density at radius 1 is 0.931 bits per heavy atom. The van der Waals surface area contributed by atoms with E-state index in [0.717, 1.165) is 5.56 Å². The second-order valence-electron chi connectivity index (χ2n) is 8.79. The molecule has 0 aliphatic heterocycles. The number of Topliss-reactive ketones (excluding diaryl/α,β-unsaturated/α-hetero) is 1. The molecule has 3 aromatic rings. The summed E-state index contributed by atoms with van der Waals surface area (Å²) in [5, 5.41) is 2.41. The summed E-state index contributed by atoms with van der Waals surface area (Å²) in [6.45, 7) is 10.8. The van der Waals surface area contributed by atoms with E-state index < -0.39 is 15.1 Å². The van der Waals surface area contributed by atoms with Crippen LogP contribution in [-0.4, -0.2) is 20.9 Å². The van der Waals surface area contributed by atoms with Gasteiger partial charge in [-0.05, 0) is 53.0 Å². The Morgan fingerprint density at radius 3 is 2.34 bits per heavy atom. The zero-order valence-electron chi connectivity index (χ0n) is 17.9. The monoisotopic (exact) mass is 406 g/mol. The highest BCUT2D eigenvalue weighted by atomic mass is 28.3. The molecule has 3 rings (SSSR count). The number of hydrogen-bond acceptors (Lipinski definition) is 3. The molecule has 1 atom stereocenters. The SMILES string of the molecule is C[SiH](C)OC(C(=O)c1cccc(OCc2ccc3ccccc3c2)c1)C(C)(C)C. The Balaban J connectivity index is 1.75. The van der Waals surface area contributed by atoms with Crippen molar-refractivity contribution in [3.05, 3.63) is 77.9 Å². The first-order valence-corrected chi connectivity index (χ1v) is 12.9. The Morgan fingerprint density at radius 2 is 1.66 bits per heavy atom. The molecule has 0 saturated heterocycles. The first-order chi connectivity index (χ1) is 13.7. The molecule has 29 heavy (non-hydrogen) atoms. The van der Waals surface area contributed by atoms with E-state index in [1.165, 1.54) is 10.8 Å². The summed E-state index contributed by atoms with van der Waals surface area (Å²) in [4.78, 5) is 13.1. The first kappa shape index (κ1) is 21.3. The number of rotatable bonds is 7. The van der Waals surface area contributed by atoms with Crippen molar-refractivity contribution in [2.24, 2.45) is 5.41 Å². The van der Waals surface area contributed by atoms with Gasteiger partial charge in [0.25, 0.3) is 0 Å². The van der Waals surface area contributed by atoms with Gasteiger partial charge in [0.2, 0.25) is 0 Å². The number of fused-ring (bicyclic) bond motifs is 1. The van der Waals surface area contributed by atoms with Crippen LogP contribution >= 0.6 is 0 Å². The van der Waals surface area contributed by atoms with Crippen molar-refractivity contribution in [2.45, 2.75) is 46.6 Å². The van der Waals surface area contributed by atoms with Gasteiger partial charge >= 0.3 is 0 Å². The van der Waals surface area contributed by atoms with Crippen LogP contribution in [0, 0.1) is 5.41 Å². The van der Waals surface area contributed by atoms with Gasteiger partial charge in [0, 0.05) is 5.56 Å². The van der Waals surface area contributed by atoms with Crippen LogP contribution in [0.3, 0.4) is 0 Å². The molecule has 0 saturated carbocycles. The van der Waals surface area contributed by atoms with E-state index in [0.29, 0.717) is 17.9 Å². The minimum absolute atomic E-state index is 0.0230. The lowest BCUT2D eigenvalue weighted by atomic mass is 9.84. The fourth-order valence-corrected chi connectivity index (χ4v) is 4.39. The van der Waals surface area contributed by atoms with Crippen LogP contribution in [0.1, 0.15) is 36.7 Å². The van der Waals surface area contributed by atoms with Crippen LogP contribution in [0.4, 0.5) is 0 Å². The van der Waals surface area contributed by atoms with E-state index in [1.54, 1.807) is 0 Å². The van der Waals surface area contributed by atoms with E-state index in [2.05, 4.69) is 43.4 Å². The molecule has 0 spiro atoms. The van der Waals surface area contributed by atoms with E-state index in [-0.39, 0.29) is 11.2 Å². The molecule has 152 valence electrons. The zero-order valence-corrected chi connectivity index (χ0v) is 19.1. The normalized spacial score (nSPS) is 12.9. The van der Waals surface area contributed by atoms with Crippen molar-refractivity contribution in [3.63, 3.8) is 0 Å². The molecule has 0 fully saturated rings. The third-order valence-corrected chi connectivity index (χ3v) is 5.59. The summed E-state index contributed by atoms with van der Waals surface area (Å²) in [5.41, 5.74) is 1.48. The predicted octanol–water partition coefficient (Wildman–Crippen LogP) is 6.02. The topological polar surface area (TPSA) is 35.5 Å². The summed E-state index contributed by atoms with van der Waals surface area (Å²) < 4.78 is 12.1. The Bertz CT molecular complexity index is 989. The highest BCUT2D eigenvalue weighted by Gasteiger charge is 2.33. The van der Waals surface area contributed by atoms with Crippen LogP contribution in [-0.2, 0) is 11.0 Å². The van der Waals surface area contributed by atoms with Crippen LogP contribution < -0.4 is 4.74 Å². The predicted molar refractivity (Wildman–Crippen MR) is 122 cm³/mol. The van der Waals surface area contributed by atoms with Crippen LogP contribution in [0.5, 0.6) is 5.75 Å². The van der Waals surface area contributed by atoms with Crippen molar-refractivity contribution in [2.75, 3.05) is 0 Å². The number of carbonyl (C=O) groups excluding carboxylic acids is 1. The van der Waals surface area contributed by atoms with E-state index in [4.69, 9.17) is 9.16 Å². The second kappa shape index (κ2) is 8.93. The Labute approximate surface area is 175 Å². The Hall–Kier alpha value is -2.43. The highest BCUT2D eigenvalue weighted by Crippen LogP contribution is 2.28. The second-order valence-corrected chi connectivity index (χ2v) is 11.2. The molecule has 3 nitrogen and oxygen atoms in total. The van der Waals surface area contributed by atoms with Gasteiger partial charge in [-0.25, -0.2) is 0 Å². The van der Waals surface area contributed by atoms with Gasteiger partial charge in [0.15, 0.2) is 14.8 Å². The maximum atomic E-state index is 13.1. The van der Waals surface area contributed by atoms with Gasteiger partial charge in [-0.3, -0.25) is 4.79 Å². The van der Waals surface area contributed by atoms with Crippen LogP contribution in [0.15, 0.2) is 66.7 Å². The zero-order chi connectivity index (χ0) is 21.0. The number of benzene rings is 3. The standard InChI is InChI=1S/C25H30O3Si/c1-25(2,3)24(28-29(4)5)23(26)21-11-8-12-22(16-21)27-17-18-13-14-19-9-6-7-10-20(19)15-18/h6-16,24,29H,17H2,1-5H3. The number of ether oxygens (including phenoxy) is 1. The van der Waals surface area contributed by atoms with Crippen molar-refractivity contribution < 1.29 is 14.0 Å². The average Bonchev–Trinajstić information content (AvgIpc) is 2.69. The minimum Gasteiger partial charge on any atom is -0.489 e. The largest absolute Gasteiger partial charge is 0.489 e. The van der Waals surface area contributed by atoms with Crippen molar-refractivity contribution in [3.8, 4) is 5.75 Å². The lowest BCUT2D eigenvalue weighted by molar-refractivity contribution is 0.0538. The Kier molecular flexibility index (Phi) is 6.55. The third-order valence-electron chi connectivity index (χ3n) is 4.77. The molecule has 4 heteroatoms. The first-order valence-electron chi connectivity index (χ1n) is 10.1. The van der Waals surface area contributed by atoms with Gasteiger partial charge in [-0.1, -0.05) is 69.3 Å². The molecule has 0 bridgehead atoms. The molecule has 0 heterocycles. The maximum absolute atomic E-state index is 13.1. The van der Waals surface area contributed by atoms with Crippen molar-refractivity contribution in [1.29, 1.82) is 0 Å². The summed E-state index contributed by atoms with van der Waals surface area (Å²) in [6.07, 6.45) is -0.440. The maximum Gasteiger partial charge on any atom is 0.190 e. The van der Waals surface area contributed by atoms with E-state index >= 15 is 0 Å². The van der Waals surface area contributed by atoms with Crippen molar-refractivity contribution >= 4 is 25.6 Å². The van der Waals surface area contributed by atoms with E-state index in [9.17, 15) is 4.79 Å². The molecule has 1 unspecified atom stereocenters. The lowest BCUT2D eigenvalue weighted by Gasteiger charge is -2.31. The van der Waals surface area contributed by atoms with Gasteiger partial charge in [0.1, 0.15) is 18.5 Å². The van der Waals surface area contributed by atoms with Crippen LogP contribution in [0.25, 0.3) is 10.8 Å². The molecular formula is C25H30O3Si. The highest BCUT2D eigenvalue weighted by molar-refractivity contribution is 6.48. The van der Waals surface area contributed by atoms with Crippen molar-refractivity contribution in [1.82, 2.24) is 0 Å². The van der Waals surface area contributed by atoms with Gasteiger partial charge in [0.05, 0.1) is 0 Å². The number of ketones is 1. The summed E-state index contributed by atoms with van der Waals surface area (Å²) >= 11 is 0. The average molecular weight is 407 g/mol. The molecule has 0 aliphatic carbocycles. The molecule has 0 amide bonds. The smallest absolute Gasteiger partial charge is 0.190 e. The molecule has 0 N–H and O–H groups in total. The molecular weight excluding hydrogens is 376 g/mol. The summed E-state index contributed by atoms with van der Waals surface area (Å²) in [6, 6.07) is 22.0. The summed E-state index contributed by atoms with van der Waals surface area (Å²) in [7, 11) is -1.35. The third kappa shape index (κ3) is 5.55. The fourth-order valence-electron chi connectivity index (χ4n) is 3.32. The molecule has 0 aromatic heterocycles. The number of carbonyl (C=O) groups is 1. The summed E-state index contributed by atoms with van der Waals surface area (Å²) in [5.74, 6) is 0.716. The van der Waals surface area contributed by atoms with Crippen LogP contribution in [0.2, 0.25) is 13.1 Å². The lowest BCUT2D eigenvalue weighted by Crippen LogP contribution is -2.40. The van der Waals surface area contributed by atoms with Gasteiger partial charge in [-0.15, -0.1) is 0 Å². The molecule has 3 aromatic carbocycles. The fraction of sp³-hybridized carbons (Fsp3) is 0.320. The van der Waals surface area contributed by atoms with E-state index in [1.807, 2.05) is 57.2 Å².